The van der Waals surface area contributed by atoms with E-state index in [2.05, 4.69) is 103 Å². The van der Waals surface area contributed by atoms with Crippen molar-refractivity contribution in [3.05, 3.63) is 77.5 Å². The minimum Gasteiger partial charge on any atom is -0.256 e. The lowest BCUT2D eigenvalue weighted by Gasteiger charge is -2.28. The Bertz CT molecular complexity index is 1680. The summed E-state index contributed by atoms with van der Waals surface area (Å²) in [6.07, 6.45) is 4.12. The van der Waals surface area contributed by atoms with E-state index in [0.29, 0.717) is 0 Å². The highest BCUT2D eigenvalue weighted by atomic mass is 32.2. The van der Waals surface area contributed by atoms with Crippen LogP contribution >= 0.6 is 11.8 Å². The Balaban J connectivity index is 1.70. The van der Waals surface area contributed by atoms with Crippen molar-refractivity contribution in [3.8, 4) is 11.3 Å². The van der Waals surface area contributed by atoms with Crippen molar-refractivity contribution in [2.24, 2.45) is 10.8 Å². The van der Waals surface area contributed by atoms with E-state index in [1.165, 1.54) is 64.4 Å². The molecule has 0 atom stereocenters. The van der Waals surface area contributed by atoms with E-state index >= 15 is 0 Å². The molecule has 0 fully saturated rings. The third kappa shape index (κ3) is 4.00. The molecule has 36 heavy (non-hydrogen) atoms. The number of rotatable bonds is 2. The fraction of sp³-hybridized carbons (Fsp3) is 0.324. The van der Waals surface area contributed by atoms with Crippen LogP contribution in [0.5, 0.6) is 0 Å². The maximum atomic E-state index is 5.02. The quantitative estimate of drug-likeness (QED) is 0.224. The van der Waals surface area contributed by atoms with Gasteiger partial charge in [-0.25, -0.2) is 0 Å². The lowest BCUT2D eigenvalue weighted by Crippen LogP contribution is -2.12. The largest absolute Gasteiger partial charge is 0.256 e. The van der Waals surface area contributed by atoms with Gasteiger partial charge in [-0.15, -0.1) is 0 Å². The predicted molar refractivity (Wildman–Crippen MR) is 157 cm³/mol. The second kappa shape index (κ2) is 8.08. The molecule has 0 saturated carbocycles. The van der Waals surface area contributed by atoms with Crippen LogP contribution in [0.3, 0.4) is 0 Å². The van der Waals surface area contributed by atoms with Gasteiger partial charge in [-0.2, -0.15) is 0 Å². The normalized spacial score (nSPS) is 13.5. The van der Waals surface area contributed by atoms with Crippen LogP contribution in [0.25, 0.3) is 43.6 Å². The number of pyridine rings is 1. The number of benzene rings is 4. The number of fused-ring (bicyclic) bond motifs is 5. The summed E-state index contributed by atoms with van der Waals surface area (Å²) < 4.78 is 0. The van der Waals surface area contributed by atoms with E-state index in [1.807, 2.05) is 18.0 Å². The molecule has 2 heteroatoms. The van der Waals surface area contributed by atoms with Crippen LogP contribution < -0.4 is 0 Å². The molecule has 182 valence electrons. The fourth-order valence-electron chi connectivity index (χ4n) is 5.86. The molecule has 0 radical (unpaired) electrons. The second-order valence-corrected chi connectivity index (χ2v) is 14.1. The monoisotopic (exact) mass is 489 g/mol. The molecule has 5 aromatic rings. The molecular weight excluding hydrogens is 454 g/mol. The SMILES string of the molecule is Cc1ccc2c(CC(C)(C)C)c3c(cc2c1)-c1nccc2c1c(cc1c(CC(C)(C)C)cccc12)S3. The third-order valence-corrected chi connectivity index (χ3v) is 8.42. The first-order valence-corrected chi connectivity index (χ1v) is 13.9. The molecule has 0 unspecified atom stereocenters. The first-order valence-electron chi connectivity index (χ1n) is 13.1. The molecule has 2 heterocycles. The fourth-order valence-corrected chi connectivity index (χ4v) is 7.13. The lowest BCUT2D eigenvalue weighted by atomic mass is 9.84. The van der Waals surface area contributed by atoms with Gasteiger partial charge in [0.25, 0.3) is 0 Å². The van der Waals surface area contributed by atoms with Gasteiger partial charge >= 0.3 is 0 Å². The zero-order valence-electron chi connectivity index (χ0n) is 22.5. The number of nitrogens with zero attached hydrogens (tertiary/aromatic N) is 1. The molecule has 1 aliphatic heterocycles. The third-order valence-electron chi connectivity index (χ3n) is 7.21. The summed E-state index contributed by atoms with van der Waals surface area (Å²) in [6, 6.07) is 20.8. The zero-order chi connectivity index (χ0) is 25.4. The maximum absolute atomic E-state index is 5.02. The van der Waals surface area contributed by atoms with Crippen molar-refractivity contribution in [3.63, 3.8) is 0 Å². The molecule has 4 aromatic carbocycles. The minimum absolute atomic E-state index is 0.191. The van der Waals surface area contributed by atoms with Crippen LogP contribution in [0, 0.1) is 17.8 Å². The zero-order valence-corrected chi connectivity index (χ0v) is 23.4. The summed E-state index contributed by atoms with van der Waals surface area (Å²) in [6.45, 7) is 16.2. The molecule has 0 saturated heterocycles. The smallest absolute Gasteiger partial charge is 0.0803 e. The first kappa shape index (κ1) is 23.6. The highest BCUT2D eigenvalue weighted by Crippen LogP contribution is 2.52. The summed E-state index contributed by atoms with van der Waals surface area (Å²) in [5.41, 5.74) is 7.06. The van der Waals surface area contributed by atoms with Crippen LogP contribution in [0.2, 0.25) is 0 Å². The van der Waals surface area contributed by atoms with Crippen LogP contribution in [0.15, 0.2) is 70.6 Å². The van der Waals surface area contributed by atoms with E-state index < -0.39 is 0 Å². The average Bonchev–Trinajstić information content (AvgIpc) is 2.78. The summed E-state index contributed by atoms with van der Waals surface area (Å²) in [7, 11) is 0. The van der Waals surface area contributed by atoms with E-state index in [-0.39, 0.29) is 10.8 Å². The molecular formula is C34H35NS. The van der Waals surface area contributed by atoms with Crippen molar-refractivity contribution < 1.29 is 0 Å². The molecule has 1 aliphatic rings. The Hall–Kier alpha value is -2.84. The number of aromatic nitrogens is 1. The average molecular weight is 490 g/mol. The topological polar surface area (TPSA) is 12.9 Å². The van der Waals surface area contributed by atoms with Crippen LogP contribution in [0.4, 0.5) is 0 Å². The summed E-state index contributed by atoms with van der Waals surface area (Å²) in [4.78, 5) is 7.75. The van der Waals surface area contributed by atoms with Gasteiger partial charge in [-0.1, -0.05) is 95.3 Å². The van der Waals surface area contributed by atoms with Crippen molar-refractivity contribution in [1.82, 2.24) is 4.98 Å². The summed E-state index contributed by atoms with van der Waals surface area (Å²) in [5, 5.41) is 8.06. The Labute approximate surface area is 219 Å². The maximum Gasteiger partial charge on any atom is 0.0803 e. The van der Waals surface area contributed by atoms with Crippen molar-refractivity contribution in [2.45, 2.75) is 71.1 Å². The molecule has 1 aromatic heterocycles. The van der Waals surface area contributed by atoms with Crippen LogP contribution in [-0.2, 0) is 12.8 Å². The Morgan fingerprint density at radius 1 is 0.750 bits per heavy atom. The van der Waals surface area contributed by atoms with Crippen LogP contribution in [0.1, 0.15) is 58.2 Å². The second-order valence-electron chi connectivity index (χ2n) is 13.0. The van der Waals surface area contributed by atoms with Gasteiger partial charge < -0.3 is 0 Å². The van der Waals surface area contributed by atoms with E-state index in [0.717, 1.165) is 18.5 Å². The van der Waals surface area contributed by atoms with Crippen molar-refractivity contribution in [2.75, 3.05) is 0 Å². The van der Waals surface area contributed by atoms with Gasteiger partial charge in [0.1, 0.15) is 0 Å². The van der Waals surface area contributed by atoms with Crippen LogP contribution in [-0.4, -0.2) is 4.98 Å². The molecule has 0 spiro atoms. The highest BCUT2D eigenvalue weighted by molar-refractivity contribution is 8.00. The lowest BCUT2D eigenvalue weighted by molar-refractivity contribution is 0.410. The Kier molecular flexibility index (Phi) is 5.29. The first-order chi connectivity index (χ1) is 17.0. The molecule has 0 N–H and O–H groups in total. The molecule has 1 nitrogen and oxygen atoms in total. The van der Waals surface area contributed by atoms with Gasteiger partial charge in [0, 0.05) is 26.9 Å². The van der Waals surface area contributed by atoms with Gasteiger partial charge in [-0.05, 0) is 86.9 Å². The van der Waals surface area contributed by atoms with Crippen molar-refractivity contribution >= 4 is 44.1 Å². The summed E-state index contributed by atoms with van der Waals surface area (Å²) in [5.74, 6) is 0. The summed E-state index contributed by atoms with van der Waals surface area (Å²) >= 11 is 1.96. The Morgan fingerprint density at radius 2 is 1.53 bits per heavy atom. The standard InChI is InChI=1S/C34H35NS/c1-20-11-12-23-22(15-20)16-27-31-30-25(13-14-35-31)24-10-8-9-21(18-33(2,3)4)26(24)17-29(30)36-32(27)28(23)19-34(5,6)7/h8-17H,18-19H2,1-7H3. The van der Waals surface area contributed by atoms with Gasteiger partial charge in [-0.3, -0.25) is 4.98 Å². The minimum atomic E-state index is 0.191. The number of hydrogen-bond donors (Lipinski definition) is 0. The molecule has 0 bridgehead atoms. The van der Waals surface area contributed by atoms with Gasteiger partial charge in [0.15, 0.2) is 0 Å². The Morgan fingerprint density at radius 3 is 2.28 bits per heavy atom. The van der Waals surface area contributed by atoms with Crippen molar-refractivity contribution in [1.29, 1.82) is 0 Å². The van der Waals surface area contributed by atoms with Gasteiger partial charge in [0.2, 0.25) is 0 Å². The van der Waals surface area contributed by atoms with E-state index in [1.54, 1.807) is 0 Å². The molecule has 0 amide bonds. The van der Waals surface area contributed by atoms with E-state index in [9.17, 15) is 0 Å². The number of aryl methyl sites for hydroxylation is 1. The molecule has 0 aliphatic carbocycles. The van der Waals surface area contributed by atoms with Gasteiger partial charge in [0.05, 0.1) is 5.69 Å². The van der Waals surface area contributed by atoms with E-state index in [4.69, 9.17) is 4.98 Å². The molecule has 6 rings (SSSR count). The number of hydrogen-bond acceptors (Lipinski definition) is 2. The predicted octanol–water partition coefficient (Wildman–Crippen LogP) is 10.2. The highest BCUT2D eigenvalue weighted by Gasteiger charge is 2.28.